The van der Waals surface area contributed by atoms with Crippen LogP contribution >= 0.6 is 0 Å². The van der Waals surface area contributed by atoms with Crippen LogP contribution < -0.4 is 4.74 Å². The van der Waals surface area contributed by atoms with E-state index in [2.05, 4.69) is 70.2 Å². The number of carbonyl (C=O) groups excluding carboxylic acids is 1. The van der Waals surface area contributed by atoms with E-state index in [0.29, 0.717) is 18.8 Å². The van der Waals surface area contributed by atoms with Gasteiger partial charge in [-0.25, -0.2) is 0 Å². The second-order valence-corrected chi connectivity index (χ2v) is 12.5. The first-order chi connectivity index (χ1) is 21.2. The molecule has 2 heterocycles. The zero-order valence-corrected chi connectivity index (χ0v) is 30.0. The Morgan fingerprint density at radius 1 is 1.00 bits per heavy atom. The molecule has 0 aliphatic carbocycles. The van der Waals surface area contributed by atoms with Crippen molar-refractivity contribution in [2.24, 2.45) is 17.8 Å². The van der Waals surface area contributed by atoms with E-state index in [1.807, 2.05) is 20.0 Å². The van der Waals surface area contributed by atoms with Gasteiger partial charge in [0.1, 0.15) is 5.75 Å². The van der Waals surface area contributed by atoms with Crippen molar-refractivity contribution in [3.8, 4) is 22.8 Å². The Hall–Kier alpha value is -3.22. The summed E-state index contributed by atoms with van der Waals surface area (Å²) in [6.45, 7) is 14.0. The van der Waals surface area contributed by atoms with Gasteiger partial charge in [0.25, 0.3) is 0 Å². The molecule has 0 spiro atoms. The Kier molecular flexibility index (Phi) is 12.6. The second-order valence-electron chi connectivity index (χ2n) is 12.5. The van der Waals surface area contributed by atoms with Gasteiger partial charge >= 0.3 is 6.18 Å². The van der Waals surface area contributed by atoms with Crippen molar-refractivity contribution >= 4 is 27.3 Å². The van der Waals surface area contributed by atoms with Crippen LogP contribution in [0.15, 0.2) is 54.4 Å². The Morgan fingerprint density at radius 2 is 1.67 bits per heavy atom. The Labute approximate surface area is 283 Å². The van der Waals surface area contributed by atoms with Crippen LogP contribution in [0.5, 0.6) is 11.5 Å². The Bertz CT molecular complexity index is 1720. The average Bonchev–Trinajstić information content (AvgIpc) is 2.95. The van der Waals surface area contributed by atoms with Gasteiger partial charge < -0.3 is 9.84 Å². The topological polar surface area (TPSA) is 59.4 Å². The fourth-order valence-corrected chi connectivity index (χ4v) is 6.06. The summed E-state index contributed by atoms with van der Waals surface area (Å²) >= 11 is 0. The molecule has 1 aromatic heterocycles. The molecule has 0 bridgehead atoms. The van der Waals surface area contributed by atoms with Gasteiger partial charge in [-0.2, -0.15) is 13.2 Å². The maximum absolute atomic E-state index is 12.2. The normalized spacial score (nSPS) is 13.2. The Morgan fingerprint density at radius 3 is 2.28 bits per heavy atom. The third-order valence-corrected chi connectivity index (χ3v) is 8.37. The van der Waals surface area contributed by atoms with Crippen LogP contribution in [0.4, 0.5) is 13.2 Å². The number of nitrogens with zero attached hydrogens (tertiary/aromatic N) is 1. The quantitative estimate of drug-likeness (QED) is 0.0915. The summed E-state index contributed by atoms with van der Waals surface area (Å²) in [4.78, 5) is 16.4. The van der Waals surface area contributed by atoms with E-state index in [0.717, 1.165) is 46.0 Å². The first-order valence-electron chi connectivity index (χ1n) is 15.8. The molecule has 1 radical (unpaired) electrons. The van der Waals surface area contributed by atoms with Crippen molar-refractivity contribution < 1.29 is 47.9 Å². The number of alkyl halides is 3. The number of halogens is 3. The zero-order chi connectivity index (χ0) is 33.1. The number of aliphatic hydroxyl groups is 1. The third-order valence-electron chi connectivity index (χ3n) is 8.37. The maximum Gasteiger partial charge on any atom is 0.389 e. The standard InChI is InChI=1S/C25H22NO.C13H21F3O2.Ir/c1-14(2)7-17-10-18-5-6-26-25-21-12-19-9-15(3)8-16(4)20(19)13-22(21)27-23(11-17)24(18)25;1-4-9(5-2)11(17)7-12(18)10(6-3)8-13(14,15)16;/h5-6,8-11,13-14H,7H2,1-4H3;7,9-10,17H,4-6,8H2,1-3H3;/q-1;;/b;11-7-;. The molecule has 8 heteroatoms. The number of aliphatic hydroxyl groups excluding tert-OH is 1. The van der Waals surface area contributed by atoms with E-state index in [1.54, 1.807) is 0 Å². The molecule has 3 aromatic carbocycles. The minimum absolute atomic E-state index is 0. The van der Waals surface area contributed by atoms with Crippen molar-refractivity contribution in [2.45, 2.75) is 86.7 Å². The van der Waals surface area contributed by atoms with Crippen molar-refractivity contribution in [3.63, 3.8) is 0 Å². The van der Waals surface area contributed by atoms with Gasteiger partial charge in [0, 0.05) is 55.3 Å². The van der Waals surface area contributed by atoms with Crippen LogP contribution in [0.2, 0.25) is 0 Å². The summed E-state index contributed by atoms with van der Waals surface area (Å²) in [5, 5.41) is 14.3. The number of ether oxygens (including phenoxy) is 1. The van der Waals surface area contributed by atoms with E-state index in [1.165, 1.54) is 34.4 Å². The van der Waals surface area contributed by atoms with Gasteiger partial charge in [-0.3, -0.25) is 9.78 Å². The molecule has 1 aliphatic rings. The monoisotopic (exact) mass is 811 g/mol. The molecule has 0 amide bonds. The number of fused-ring (bicyclic) bond motifs is 3. The number of hydrogen-bond donors (Lipinski definition) is 1. The van der Waals surface area contributed by atoms with Gasteiger partial charge in [0.05, 0.1) is 17.9 Å². The first kappa shape index (κ1) is 37.2. The van der Waals surface area contributed by atoms with Crippen LogP contribution in [0, 0.1) is 37.7 Å². The van der Waals surface area contributed by atoms with Crippen LogP contribution in [0.1, 0.15) is 77.0 Å². The largest absolute Gasteiger partial charge is 0.512 e. The number of benzene rings is 3. The van der Waals surface area contributed by atoms with Crippen molar-refractivity contribution in [3.05, 3.63) is 77.2 Å². The SMILES string of the molecule is CCC(CC(F)(F)F)C(=O)/C=C(\O)C(CC)CC.Cc1cc(C)c2cc3c([c-]c2c1)-c1nccc2cc(CC(C)C)cc(c12)O3.[Ir]. The number of ketones is 1. The average molecular weight is 811 g/mol. The molecule has 5 rings (SSSR count). The summed E-state index contributed by atoms with van der Waals surface area (Å²) in [7, 11) is 0. The summed E-state index contributed by atoms with van der Waals surface area (Å²) in [6.07, 6.45) is -0.148. The minimum Gasteiger partial charge on any atom is -0.512 e. The van der Waals surface area contributed by atoms with Gasteiger partial charge in [0.15, 0.2) is 5.78 Å². The maximum atomic E-state index is 12.2. The molecule has 249 valence electrons. The molecule has 4 aromatic rings. The van der Waals surface area contributed by atoms with Crippen LogP contribution in [0.25, 0.3) is 32.8 Å². The smallest absolute Gasteiger partial charge is 0.389 e. The van der Waals surface area contributed by atoms with E-state index < -0.39 is 24.3 Å². The van der Waals surface area contributed by atoms with Gasteiger partial charge in [-0.05, 0) is 68.5 Å². The second kappa shape index (κ2) is 15.6. The van der Waals surface area contributed by atoms with Gasteiger partial charge in [0.2, 0.25) is 0 Å². The summed E-state index contributed by atoms with van der Waals surface area (Å²) in [5.41, 5.74) is 5.74. The molecule has 0 fully saturated rings. The molecule has 46 heavy (non-hydrogen) atoms. The van der Waals surface area contributed by atoms with Crippen molar-refractivity contribution in [2.75, 3.05) is 0 Å². The molecule has 4 nitrogen and oxygen atoms in total. The fraction of sp³-hybridized carbons (Fsp3) is 0.421. The molecule has 1 aliphatic heterocycles. The predicted octanol–water partition coefficient (Wildman–Crippen LogP) is 11.2. The number of aromatic nitrogens is 1. The summed E-state index contributed by atoms with van der Waals surface area (Å²) < 4.78 is 43.1. The number of carbonyl (C=O) groups is 1. The third kappa shape index (κ3) is 8.77. The van der Waals surface area contributed by atoms with E-state index >= 15 is 0 Å². The Balaban J connectivity index is 0.000000269. The molecule has 1 N–H and O–H groups in total. The van der Waals surface area contributed by atoms with Crippen molar-refractivity contribution in [1.82, 2.24) is 4.98 Å². The van der Waals surface area contributed by atoms with E-state index in [9.17, 15) is 23.1 Å². The zero-order valence-electron chi connectivity index (χ0n) is 27.6. The number of rotatable bonds is 9. The van der Waals surface area contributed by atoms with Crippen LogP contribution in [-0.4, -0.2) is 22.1 Å². The summed E-state index contributed by atoms with van der Waals surface area (Å²) in [5.74, 6) is 0.374. The first-order valence-corrected chi connectivity index (χ1v) is 15.8. The summed E-state index contributed by atoms with van der Waals surface area (Å²) in [6, 6.07) is 16.7. The van der Waals surface area contributed by atoms with E-state index in [-0.39, 0.29) is 38.2 Å². The number of hydrogen-bond acceptors (Lipinski definition) is 4. The van der Waals surface area contributed by atoms with Crippen molar-refractivity contribution in [1.29, 1.82) is 0 Å². The minimum atomic E-state index is -4.35. The van der Waals surface area contributed by atoms with Crippen LogP contribution in [0.3, 0.4) is 0 Å². The van der Waals surface area contributed by atoms with Gasteiger partial charge in [-0.15, -0.1) is 17.5 Å². The van der Waals surface area contributed by atoms with E-state index in [4.69, 9.17) is 9.72 Å². The molecule has 1 atom stereocenters. The molecular formula is C38H43F3IrNO3-. The molecule has 0 saturated heterocycles. The molecule has 0 saturated carbocycles. The number of pyridine rings is 1. The number of aryl methyl sites for hydroxylation is 2. The van der Waals surface area contributed by atoms with Crippen LogP contribution in [-0.2, 0) is 31.3 Å². The number of allylic oxidation sites excluding steroid dienone is 2. The van der Waals surface area contributed by atoms with Gasteiger partial charge in [-0.1, -0.05) is 74.9 Å². The fourth-order valence-electron chi connectivity index (χ4n) is 6.06. The predicted molar refractivity (Wildman–Crippen MR) is 176 cm³/mol. The molecule has 1 unspecified atom stereocenters. The molecular weight excluding hydrogens is 768 g/mol.